The van der Waals surface area contributed by atoms with Gasteiger partial charge in [0.2, 0.25) is 0 Å². The van der Waals surface area contributed by atoms with Crippen LogP contribution in [-0.4, -0.2) is 6.54 Å². The summed E-state index contributed by atoms with van der Waals surface area (Å²) in [6.45, 7) is 4.70. The van der Waals surface area contributed by atoms with Crippen molar-refractivity contribution in [1.29, 1.82) is 0 Å². The average molecular weight is 189 g/mol. The van der Waals surface area contributed by atoms with Crippen LogP contribution in [0.15, 0.2) is 18.2 Å². The fraction of sp³-hybridized carbons (Fsp3) is 0.333. The van der Waals surface area contributed by atoms with Gasteiger partial charge in [0.15, 0.2) is 0 Å². The zero-order valence-corrected chi connectivity index (χ0v) is 11.0. The van der Waals surface area contributed by atoms with Gasteiger partial charge in [0.1, 0.15) is 0 Å². The molecule has 0 aliphatic rings. The first-order valence-corrected chi connectivity index (χ1v) is 3.76. The summed E-state index contributed by atoms with van der Waals surface area (Å²) in [6.07, 6.45) is 0. The molecule has 1 aromatic carbocycles. The Morgan fingerprint density at radius 2 is 2.08 bits per heavy atom. The number of nitrogens with one attached hydrogen (secondary N) is 1. The van der Waals surface area contributed by atoms with E-state index < -0.39 is 0 Å². The van der Waals surface area contributed by atoms with Crippen molar-refractivity contribution in [3.05, 3.63) is 23.8 Å². The third-order valence-electron chi connectivity index (χ3n) is 1.59. The van der Waals surface area contributed by atoms with E-state index in [9.17, 15) is 5.11 Å². The fourth-order valence-electron chi connectivity index (χ4n) is 1.04. The normalized spacial score (nSPS) is 8.83. The number of benzene rings is 1. The van der Waals surface area contributed by atoms with E-state index in [1.165, 1.54) is 0 Å². The quantitative estimate of drug-likeness (QED) is 0.575. The summed E-state index contributed by atoms with van der Waals surface area (Å²) in [7, 11) is 0. The van der Waals surface area contributed by atoms with Crippen molar-refractivity contribution < 1.29 is 56.5 Å². The van der Waals surface area contributed by atoms with E-state index in [4.69, 9.17) is 0 Å². The molecular formula is C9H12KNO. The Balaban J connectivity index is 0.00000121. The number of aryl methyl sites for hydroxylation is 1. The molecule has 60 valence electrons. The van der Waals surface area contributed by atoms with E-state index in [0.29, 0.717) is 0 Å². The van der Waals surface area contributed by atoms with Gasteiger partial charge in [0, 0.05) is 12.2 Å². The van der Waals surface area contributed by atoms with Crippen molar-refractivity contribution in [3.63, 3.8) is 0 Å². The number of para-hydroxylation sites is 1. The maximum atomic E-state index is 11.2. The van der Waals surface area contributed by atoms with Crippen molar-refractivity contribution >= 4 is 5.69 Å². The van der Waals surface area contributed by atoms with Gasteiger partial charge in [-0.1, -0.05) is 23.9 Å². The third kappa shape index (κ3) is 3.07. The van der Waals surface area contributed by atoms with E-state index in [2.05, 4.69) is 5.32 Å². The Labute approximate surface area is 116 Å². The summed E-state index contributed by atoms with van der Waals surface area (Å²) < 4.78 is 0. The second-order valence-electron chi connectivity index (χ2n) is 2.48. The van der Waals surface area contributed by atoms with Gasteiger partial charge in [-0.05, 0) is 19.4 Å². The second-order valence-corrected chi connectivity index (χ2v) is 2.48. The van der Waals surface area contributed by atoms with Crippen molar-refractivity contribution in [3.8, 4) is 5.75 Å². The molecule has 1 aromatic rings. The van der Waals surface area contributed by atoms with Crippen molar-refractivity contribution in [2.45, 2.75) is 13.8 Å². The Morgan fingerprint density at radius 1 is 1.42 bits per heavy atom. The zero-order valence-electron chi connectivity index (χ0n) is 7.85. The van der Waals surface area contributed by atoms with Gasteiger partial charge >= 0.3 is 51.4 Å². The molecule has 0 heterocycles. The number of hydrogen-bond donors (Lipinski definition) is 1. The van der Waals surface area contributed by atoms with Crippen LogP contribution in [-0.2, 0) is 0 Å². The summed E-state index contributed by atoms with van der Waals surface area (Å²) in [5.41, 5.74) is 1.74. The molecule has 1 rings (SSSR count). The SMILES string of the molecule is CCNc1c(C)cccc1[O-].[K+]. The first-order chi connectivity index (χ1) is 5.25. The standard InChI is InChI=1S/C9H13NO.K/c1-3-10-9-7(2)5-4-6-8(9)11;/h4-6,10-11H,3H2,1-2H3;/q;+1/p-1. The molecule has 0 amide bonds. The predicted octanol–water partition coefficient (Wildman–Crippen LogP) is -1.50. The van der Waals surface area contributed by atoms with Crippen LogP contribution < -0.4 is 61.8 Å². The van der Waals surface area contributed by atoms with E-state index in [1.807, 2.05) is 19.9 Å². The molecule has 3 heteroatoms. The van der Waals surface area contributed by atoms with Gasteiger partial charge < -0.3 is 10.4 Å². The predicted molar refractivity (Wildman–Crippen MR) is 44.8 cm³/mol. The average Bonchev–Trinajstić information content (AvgIpc) is 1.97. The zero-order chi connectivity index (χ0) is 8.27. The Morgan fingerprint density at radius 3 is 2.58 bits per heavy atom. The minimum atomic E-state index is 0. The third-order valence-corrected chi connectivity index (χ3v) is 1.59. The molecule has 0 atom stereocenters. The molecule has 0 bridgehead atoms. The summed E-state index contributed by atoms with van der Waals surface area (Å²) in [4.78, 5) is 0. The van der Waals surface area contributed by atoms with E-state index in [0.717, 1.165) is 17.8 Å². The van der Waals surface area contributed by atoms with Crippen LogP contribution in [0.25, 0.3) is 0 Å². The van der Waals surface area contributed by atoms with Crippen molar-refractivity contribution in [2.75, 3.05) is 11.9 Å². The van der Waals surface area contributed by atoms with E-state index >= 15 is 0 Å². The number of hydrogen-bond acceptors (Lipinski definition) is 2. The molecule has 12 heavy (non-hydrogen) atoms. The topological polar surface area (TPSA) is 35.1 Å². The van der Waals surface area contributed by atoms with E-state index in [-0.39, 0.29) is 57.1 Å². The van der Waals surface area contributed by atoms with Gasteiger partial charge in [-0.3, -0.25) is 0 Å². The first kappa shape index (κ1) is 12.5. The first-order valence-electron chi connectivity index (χ1n) is 3.76. The van der Waals surface area contributed by atoms with Crippen LogP contribution in [0.4, 0.5) is 5.69 Å². The van der Waals surface area contributed by atoms with Crippen LogP contribution in [0.5, 0.6) is 5.75 Å². The molecule has 1 N–H and O–H groups in total. The number of anilines is 1. The summed E-state index contributed by atoms with van der Waals surface area (Å²) in [5.74, 6) is 0.0758. The van der Waals surface area contributed by atoms with Crippen LogP contribution in [0.1, 0.15) is 12.5 Å². The summed E-state index contributed by atoms with van der Waals surface area (Å²) in [5, 5.41) is 14.2. The minimum Gasteiger partial charge on any atom is -0.871 e. The Hall–Kier alpha value is 0.456. The van der Waals surface area contributed by atoms with Crippen LogP contribution in [0, 0.1) is 6.92 Å². The monoisotopic (exact) mass is 189 g/mol. The molecule has 0 aliphatic carbocycles. The van der Waals surface area contributed by atoms with Gasteiger partial charge in [-0.2, -0.15) is 0 Å². The van der Waals surface area contributed by atoms with Crippen LogP contribution >= 0.6 is 0 Å². The smallest absolute Gasteiger partial charge is 0.871 e. The van der Waals surface area contributed by atoms with Crippen LogP contribution in [0.3, 0.4) is 0 Å². The molecule has 0 aliphatic heterocycles. The van der Waals surface area contributed by atoms with E-state index in [1.54, 1.807) is 12.1 Å². The molecule has 0 saturated heterocycles. The Kier molecular flexibility index (Phi) is 6.22. The molecular weight excluding hydrogens is 177 g/mol. The molecule has 2 nitrogen and oxygen atoms in total. The van der Waals surface area contributed by atoms with Crippen LogP contribution in [0.2, 0.25) is 0 Å². The summed E-state index contributed by atoms with van der Waals surface area (Å²) in [6, 6.07) is 5.28. The maximum Gasteiger partial charge on any atom is 1.00 e. The molecule has 0 spiro atoms. The molecule has 0 unspecified atom stereocenters. The molecule has 0 saturated carbocycles. The molecule has 0 radical (unpaired) electrons. The number of rotatable bonds is 2. The Bertz CT molecular complexity index is 230. The van der Waals surface area contributed by atoms with Gasteiger partial charge in [-0.25, -0.2) is 0 Å². The largest absolute Gasteiger partial charge is 1.00 e. The van der Waals surface area contributed by atoms with Crippen molar-refractivity contribution in [2.24, 2.45) is 0 Å². The van der Waals surface area contributed by atoms with Gasteiger partial charge in [-0.15, -0.1) is 0 Å². The molecule has 0 aromatic heterocycles. The van der Waals surface area contributed by atoms with Gasteiger partial charge in [0.25, 0.3) is 0 Å². The summed E-state index contributed by atoms with van der Waals surface area (Å²) >= 11 is 0. The maximum absolute atomic E-state index is 11.2. The van der Waals surface area contributed by atoms with Gasteiger partial charge in [0.05, 0.1) is 0 Å². The molecule has 0 fully saturated rings. The minimum absolute atomic E-state index is 0. The fourth-order valence-corrected chi connectivity index (χ4v) is 1.04. The second kappa shape index (κ2) is 5.99. The van der Waals surface area contributed by atoms with Crippen molar-refractivity contribution in [1.82, 2.24) is 0 Å².